The van der Waals surface area contributed by atoms with E-state index in [0.29, 0.717) is 11.3 Å². The fourth-order valence-corrected chi connectivity index (χ4v) is 2.03. The van der Waals surface area contributed by atoms with Crippen LogP contribution in [0.15, 0.2) is 53.0 Å². The van der Waals surface area contributed by atoms with Crippen LogP contribution < -0.4 is 14.8 Å². The zero-order chi connectivity index (χ0) is 16.7. The highest BCUT2D eigenvalue weighted by Crippen LogP contribution is 2.17. The molecule has 0 atom stereocenters. The maximum absolute atomic E-state index is 12.1. The molecule has 0 saturated carbocycles. The van der Waals surface area contributed by atoms with Crippen LogP contribution in [0.5, 0.6) is 11.5 Å². The Bertz CT molecular complexity index is 650. The van der Waals surface area contributed by atoms with E-state index in [0.717, 1.165) is 4.47 Å². The molecule has 0 aliphatic carbocycles. The first-order chi connectivity index (χ1) is 11.0. The predicted octanol–water partition coefficient (Wildman–Crippen LogP) is 3.75. The van der Waals surface area contributed by atoms with Gasteiger partial charge in [0.2, 0.25) is 0 Å². The maximum atomic E-state index is 12.1. The lowest BCUT2D eigenvalue weighted by Crippen LogP contribution is -2.28. The van der Waals surface area contributed by atoms with Crippen LogP contribution in [-0.4, -0.2) is 19.1 Å². The lowest BCUT2D eigenvalue weighted by atomic mass is 10.2. The van der Waals surface area contributed by atoms with Crippen LogP contribution in [0.4, 0.5) is 8.78 Å². The molecule has 0 aliphatic rings. The summed E-state index contributed by atoms with van der Waals surface area (Å²) >= 11 is 3.30. The van der Waals surface area contributed by atoms with Crippen LogP contribution in [0.2, 0.25) is 0 Å². The van der Waals surface area contributed by atoms with Crippen molar-refractivity contribution in [3.05, 3.63) is 58.6 Å². The number of benzene rings is 2. The molecular weight excluding hydrogens is 372 g/mol. The fourth-order valence-electron chi connectivity index (χ4n) is 1.76. The highest BCUT2D eigenvalue weighted by molar-refractivity contribution is 9.10. The van der Waals surface area contributed by atoms with Crippen LogP contribution in [0, 0.1) is 0 Å². The van der Waals surface area contributed by atoms with Crippen molar-refractivity contribution in [2.75, 3.05) is 6.61 Å². The van der Waals surface area contributed by atoms with E-state index in [4.69, 9.17) is 4.74 Å². The second kappa shape index (κ2) is 8.47. The Labute approximate surface area is 140 Å². The van der Waals surface area contributed by atoms with Crippen LogP contribution in [0.25, 0.3) is 0 Å². The van der Waals surface area contributed by atoms with Gasteiger partial charge < -0.3 is 14.8 Å². The molecule has 23 heavy (non-hydrogen) atoms. The normalized spacial score (nSPS) is 10.4. The van der Waals surface area contributed by atoms with E-state index >= 15 is 0 Å². The largest absolute Gasteiger partial charge is 0.484 e. The topological polar surface area (TPSA) is 47.6 Å². The maximum Gasteiger partial charge on any atom is 0.387 e. The van der Waals surface area contributed by atoms with E-state index in [-0.39, 0.29) is 24.8 Å². The third-order valence-electron chi connectivity index (χ3n) is 2.80. The van der Waals surface area contributed by atoms with Gasteiger partial charge >= 0.3 is 6.61 Å². The summed E-state index contributed by atoms with van der Waals surface area (Å²) in [6.45, 7) is -2.81. The highest BCUT2D eigenvalue weighted by atomic mass is 79.9. The van der Waals surface area contributed by atoms with Crippen molar-refractivity contribution >= 4 is 21.8 Å². The first-order valence-corrected chi connectivity index (χ1v) is 7.51. The number of rotatable bonds is 7. The molecule has 2 aromatic rings. The summed E-state index contributed by atoms with van der Waals surface area (Å²) in [5.74, 6) is 0.321. The van der Waals surface area contributed by atoms with Gasteiger partial charge in [-0.25, -0.2) is 0 Å². The minimum atomic E-state index is -2.88. The van der Waals surface area contributed by atoms with Gasteiger partial charge in [-0.1, -0.05) is 28.1 Å². The molecule has 0 saturated heterocycles. The Kier molecular flexibility index (Phi) is 6.34. The first-order valence-electron chi connectivity index (χ1n) is 6.72. The number of carbonyl (C=O) groups excluding carboxylic acids is 1. The van der Waals surface area contributed by atoms with Gasteiger partial charge in [0, 0.05) is 11.0 Å². The number of amides is 1. The van der Waals surface area contributed by atoms with Crippen LogP contribution in [0.1, 0.15) is 5.56 Å². The Morgan fingerprint density at radius 1 is 1.13 bits per heavy atom. The van der Waals surface area contributed by atoms with E-state index < -0.39 is 6.61 Å². The molecular formula is C16H14BrF2NO3. The fraction of sp³-hybridized carbons (Fsp3) is 0.188. The summed E-state index contributed by atoms with van der Waals surface area (Å²) in [5, 5.41) is 2.64. The summed E-state index contributed by atoms with van der Waals surface area (Å²) < 4.78 is 34.8. The quantitative estimate of drug-likeness (QED) is 0.789. The third-order valence-corrected chi connectivity index (χ3v) is 3.33. The Balaban J connectivity index is 1.78. The van der Waals surface area contributed by atoms with Crippen LogP contribution >= 0.6 is 15.9 Å². The van der Waals surface area contributed by atoms with Crippen LogP contribution in [0.3, 0.4) is 0 Å². The lowest BCUT2D eigenvalue weighted by Gasteiger charge is -2.09. The number of carbonyl (C=O) groups is 1. The van der Waals surface area contributed by atoms with Gasteiger partial charge in [-0.3, -0.25) is 4.79 Å². The van der Waals surface area contributed by atoms with Gasteiger partial charge in [0.15, 0.2) is 6.61 Å². The van der Waals surface area contributed by atoms with Gasteiger partial charge in [0.25, 0.3) is 5.91 Å². The van der Waals surface area contributed by atoms with Crippen molar-refractivity contribution in [3.63, 3.8) is 0 Å². The Hall–Kier alpha value is -2.15. The van der Waals surface area contributed by atoms with Gasteiger partial charge in [0.1, 0.15) is 11.5 Å². The van der Waals surface area contributed by atoms with E-state index in [9.17, 15) is 13.6 Å². The summed E-state index contributed by atoms with van der Waals surface area (Å²) in [7, 11) is 0. The molecule has 0 unspecified atom stereocenters. The number of ether oxygens (including phenoxy) is 2. The van der Waals surface area contributed by atoms with Gasteiger partial charge in [0.05, 0.1) is 0 Å². The minimum Gasteiger partial charge on any atom is -0.484 e. The molecule has 7 heteroatoms. The van der Waals surface area contributed by atoms with Crippen molar-refractivity contribution in [2.45, 2.75) is 13.2 Å². The van der Waals surface area contributed by atoms with E-state index in [1.807, 2.05) is 12.1 Å². The van der Waals surface area contributed by atoms with E-state index in [1.54, 1.807) is 24.3 Å². The molecule has 2 rings (SSSR count). The van der Waals surface area contributed by atoms with Crippen molar-refractivity contribution in [2.24, 2.45) is 0 Å². The number of nitrogens with one attached hydrogen (secondary N) is 1. The molecule has 0 aliphatic heterocycles. The summed E-state index contributed by atoms with van der Waals surface area (Å²) in [5.41, 5.74) is 0.653. The molecule has 2 aromatic carbocycles. The van der Waals surface area contributed by atoms with Crippen LogP contribution in [-0.2, 0) is 11.3 Å². The smallest absolute Gasteiger partial charge is 0.387 e. The zero-order valence-corrected chi connectivity index (χ0v) is 13.6. The summed E-state index contributed by atoms with van der Waals surface area (Å²) in [4.78, 5) is 11.7. The van der Waals surface area contributed by atoms with E-state index in [2.05, 4.69) is 26.0 Å². The second-order valence-corrected chi connectivity index (χ2v) is 5.46. The second-order valence-electron chi connectivity index (χ2n) is 4.55. The van der Waals surface area contributed by atoms with Gasteiger partial charge in [-0.15, -0.1) is 0 Å². The molecule has 0 aromatic heterocycles. The molecule has 122 valence electrons. The Morgan fingerprint density at radius 3 is 2.57 bits per heavy atom. The molecule has 0 radical (unpaired) electrons. The predicted molar refractivity (Wildman–Crippen MR) is 84.6 cm³/mol. The Morgan fingerprint density at radius 2 is 1.87 bits per heavy atom. The lowest BCUT2D eigenvalue weighted by molar-refractivity contribution is -0.123. The number of hydrogen-bond acceptors (Lipinski definition) is 3. The summed E-state index contributed by atoms with van der Waals surface area (Å²) in [6, 6.07) is 13.2. The molecule has 1 amide bonds. The average molecular weight is 386 g/mol. The molecule has 0 fully saturated rings. The van der Waals surface area contributed by atoms with Crippen molar-refractivity contribution in [1.82, 2.24) is 5.32 Å². The first kappa shape index (κ1) is 17.2. The van der Waals surface area contributed by atoms with Crippen molar-refractivity contribution < 1.29 is 23.0 Å². The van der Waals surface area contributed by atoms with Gasteiger partial charge in [-0.05, 0) is 42.0 Å². The molecule has 4 nitrogen and oxygen atoms in total. The minimum absolute atomic E-state index is 0.0536. The molecule has 0 heterocycles. The summed E-state index contributed by atoms with van der Waals surface area (Å²) in [6.07, 6.45) is 0. The number of hydrogen-bond donors (Lipinski definition) is 1. The zero-order valence-electron chi connectivity index (χ0n) is 12.0. The van der Waals surface area contributed by atoms with E-state index in [1.165, 1.54) is 12.1 Å². The van der Waals surface area contributed by atoms with Crippen molar-refractivity contribution in [1.29, 1.82) is 0 Å². The molecule has 1 N–H and O–H groups in total. The number of halogens is 3. The third kappa shape index (κ3) is 6.23. The number of alkyl halides is 2. The SMILES string of the molecule is O=C(COc1ccc(Br)cc1)NCc1cccc(OC(F)F)c1. The standard InChI is InChI=1S/C16H14BrF2NO3/c17-12-4-6-13(7-5-12)22-10-15(21)20-9-11-2-1-3-14(8-11)23-16(18)19/h1-8,16H,9-10H2,(H,20,21). The van der Waals surface area contributed by atoms with Crippen molar-refractivity contribution in [3.8, 4) is 11.5 Å². The highest BCUT2D eigenvalue weighted by Gasteiger charge is 2.06. The monoisotopic (exact) mass is 385 g/mol. The average Bonchev–Trinajstić information content (AvgIpc) is 2.52. The van der Waals surface area contributed by atoms with Gasteiger partial charge in [-0.2, -0.15) is 8.78 Å². The molecule has 0 bridgehead atoms. The molecule has 0 spiro atoms.